The molecule has 98 valence electrons. The molecule has 0 saturated carbocycles. The Hall–Kier alpha value is 0.0300. The molecule has 0 heterocycles. The van der Waals surface area contributed by atoms with Gasteiger partial charge in [0.1, 0.15) is 0 Å². The van der Waals surface area contributed by atoms with Gasteiger partial charge in [-0.2, -0.15) is 0 Å². The predicted octanol–water partition coefficient (Wildman–Crippen LogP) is 1.13. The van der Waals surface area contributed by atoms with Crippen molar-refractivity contribution in [2.75, 3.05) is 31.8 Å². The lowest BCUT2D eigenvalue weighted by Crippen LogP contribution is -2.37. The zero-order valence-electron chi connectivity index (χ0n) is 10.8. The molecule has 1 N–H and O–H groups in total. The minimum Gasteiger partial charge on any atom is -0.352 e. The van der Waals surface area contributed by atoms with Gasteiger partial charge in [-0.3, -0.25) is 4.21 Å². The lowest BCUT2D eigenvalue weighted by atomic mass is 10.2. The quantitative estimate of drug-likeness (QED) is 0.591. The van der Waals surface area contributed by atoms with Crippen LogP contribution in [0.3, 0.4) is 0 Å². The molecule has 0 radical (unpaired) electrons. The fourth-order valence-corrected chi connectivity index (χ4v) is 1.97. The zero-order chi connectivity index (χ0) is 12.4. The minimum atomic E-state index is -0.710. The Kier molecular flexibility index (Phi) is 10.2. The van der Waals surface area contributed by atoms with E-state index in [0.717, 1.165) is 12.2 Å². The SMILES string of the molecule is CCOC(CNC(C)CCS(C)=O)OCC. The van der Waals surface area contributed by atoms with Gasteiger partial charge in [-0.05, 0) is 27.2 Å². The first-order valence-corrected chi connectivity index (χ1v) is 7.59. The molecule has 5 heteroatoms. The van der Waals surface area contributed by atoms with Crippen molar-refractivity contribution in [3.63, 3.8) is 0 Å². The molecule has 0 saturated heterocycles. The van der Waals surface area contributed by atoms with Gasteiger partial charge in [0.2, 0.25) is 0 Å². The summed E-state index contributed by atoms with van der Waals surface area (Å²) in [7, 11) is -0.710. The van der Waals surface area contributed by atoms with E-state index in [-0.39, 0.29) is 6.29 Å². The van der Waals surface area contributed by atoms with Crippen LogP contribution in [0.25, 0.3) is 0 Å². The Morgan fingerprint density at radius 3 is 2.25 bits per heavy atom. The second-order valence-electron chi connectivity index (χ2n) is 3.72. The molecule has 0 fully saturated rings. The van der Waals surface area contributed by atoms with Crippen LogP contribution in [-0.2, 0) is 20.3 Å². The molecule has 0 aromatic heterocycles. The highest BCUT2D eigenvalue weighted by Gasteiger charge is 2.09. The van der Waals surface area contributed by atoms with Crippen LogP contribution in [0, 0.1) is 0 Å². The van der Waals surface area contributed by atoms with E-state index in [1.807, 2.05) is 13.8 Å². The Morgan fingerprint density at radius 1 is 1.25 bits per heavy atom. The average molecular weight is 251 g/mol. The molecule has 0 aliphatic carbocycles. The molecule has 0 aromatic rings. The van der Waals surface area contributed by atoms with Crippen LogP contribution in [0.1, 0.15) is 27.2 Å². The first-order valence-electron chi connectivity index (χ1n) is 5.86. The van der Waals surface area contributed by atoms with Crippen molar-refractivity contribution in [3.05, 3.63) is 0 Å². The topological polar surface area (TPSA) is 47.6 Å². The highest BCUT2D eigenvalue weighted by Crippen LogP contribution is 1.97. The Balaban J connectivity index is 3.68. The van der Waals surface area contributed by atoms with Crippen LogP contribution in [-0.4, -0.2) is 48.3 Å². The summed E-state index contributed by atoms with van der Waals surface area (Å²) in [4.78, 5) is 0. The van der Waals surface area contributed by atoms with E-state index in [4.69, 9.17) is 9.47 Å². The molecule has 0 rings (SSSR count). The first-order chi connectivity index (χ1) is 7.60. The third kappa shape index (κ3) is 9.27. The third-order valence-corrected chi connectivity index (χ3v) is 2.99. The Labute approximate surface area is 102 Å². The molecule has 0 aliphatic rings. The van der Waals surface area contributed by atoms with E-state index in [1.54, 1.807) is 6.26 Å². The smallest absolute Gasteiger partial charge is 0.169 e. The molecule has 16 heavy (non-hydrogen) atoms. The molecule has 0 aliphatic heterocycles. The second kappa shape index (κ2) is 10.2. The summed E-state index contributed by atoms with van der Waals surface area (Å²) >= 11 is 0. The van der Waals surface area contributed by atoms with E-state index in [1.165, 1.54) is 0 Å². The van der Waals surface area contributed by atoms with Crippen LogP contribution in [0.15, 0.2) is 0 Å². The standard InChI is InChI=1S/C11H25NO3S/c1-5-14-11(15-6-2)9-12-10(3)7-8-16(4)13/h10-12H,5-9H2,1-4H3. The van der Waals surface area contributed by atoms with Gasteiger partial charge in [0.05, 0.1) is 0 Å². The second-order valence-corrected chi connectivity index (χ2v) is 5.27. The fourth-order valence-electron chi connectivity index (χ4n) is 1.28. The van der Waals surface area contributed by atoms with Crippen molar-refractivity contribution >= 4 is 10.8 Å². The first kappa shape index (κ1) is 16.0. The maximum atomic E-state index is 10.9. The van der Waals surface area contributed by atoms with Crippen LogP contribution in [0.2, 0.25) is 0 Å². The Bertz CT molecular complexity index is 184. The summed E-state index contributed by atoms with van der Waals surface area (Å²) < 4.78 is 21.8. The minimum absolute atomic E-state index is 0.176. The van der Waals surface area contributed by atoms with E-state index in [0.29, 0.717) is 25.8 Å². The zero-order valence-corrected chi connectivity index (χ0v) is 11.6. The molecule has 0 amide bonds. The van der Waals surface area contributed by atoms with Crippen molar-refractivity contribution in [2.24, 2.45) is 0 Å². The Morgan fingerprint density at radius 2 is 1.81 bits per heavy atom. The molecule has 4 nitrogen and oxygen atoms in total. The van der Waals surface area contributed by atoms with Gasteiger partial charge in [0.15, 0.2) is 6.29 Å². The summed E-state index contributed by atoms with van der Waals surface area (Å²) in [5.41, 5.74) is 0. The molecule has 2 unspecified atom stereocenters. The van der Waals surface area contributed by atoms with Crippen molar-refractivity contribution in [1.82, 2.24) is 5.32 Å². The number of hydrogen-bond acceptors (Lipinski definition) is 4. The maximum absolute atomic E-state index is 10.9. The monoisotopic (exact) mass is 251 g/mol. The van der Waals surface area contributed by atoms with Gasteiger partial charge >= 0.3 is 0 Å². The lowest BCUT2D eigenvalue weighted by Gasteiger charge is -2.20. The van der Waals surface area contributed by atoms with Crippen molar-refractivity contribution in [1.29, 1.82) is 0 Å². The van der Waals surface area contributed by atoms with Gasteiger partial charge in [0.25, 0.3) is 0 Å². The molecule has 0 bridgehead atoms. The van der Waals surface area contributed by atoms with Gasteiger partial charge < -0.3 is 14.8 Å². The number of hydrogen-bond donors (Lipinski definition) is 1. The van der Waals surface area contributed by atoms with Gasteiger partial charge in [-0.25, -0.2) is 0 Å². The summed E-state index contributed by atoms with van der Waals surface area (Å²) in [6, 6.07) is 0.340. The van der Waals surface area contributed by atoms with E-state index in [9.17, 15) is 4.21 Å². The molecular weight excluding hydrogens is 226 g/mol. The third-order valence-electron chi connectivity index (χ3n) is 2.18. The van der Waals surface area contributed by atoms with Crippen molar-refractivity contribution in [2.45, 2.75) is 39.5 Å². The number of ether oxygens (including phenoxy) is 2. The van der Waals surface area contributed by atoms with E-state index < -0.39 is 10.8 Å². The fraction of sp³-hybridized carbons (Fsp3) is 1.00. The molecule has 0 spiro atoms. The van der Waals surface area contributed by atoms with Crippen LogP contribution < -0.4 is 5.32 Å². The van der Waals surface area contributed by atoms with Gasteiger partial charge in [-0.1, -0.05) is 0 Å². The summed E-state index contributed by atoms with van der Waals surface area (Å²) in [6.45, 7) is 7.98. The lowest BCUT2D eigenvalue weighted by molar-refractivity contribution is -0.133. The van der Waals surface area contributed by atoms with E-state index >= 15 is 0 Å². The normalized spacial score (nSPS) is 15.3. The molecular formula is C11H25NO3S. The number of rotatable bonds is 10. The van der Waals surface area contributed by atoms with Crippen LogP contribution >= 0.6 is 0 Å². The molecule has 0 aromatic carbocycles. The summed E-state index contributed by atoms with van der Waals surface area (Å²) in [6.07, 6.45) is 2.47. The average Bonchev–Trinajstić information content (AvgIpc) is 2.23. The maximum Gasteiger partial charge on any atom is 0.169 e. The van der Waals surface area contributed by atoms with Crippen molar-refractivity contribution in [3.8, 4) is 0 Å². The largest absolute Gasteiger partial charge is 0.352 e. The van der Waals surface area contributed by atoms with Crippen LogP contribution in [0.5, 0.6) is 0 Å². The highest BCUT2D eigenvalue weighted by atomic mass is 32.2. The van der Waals surface area contributed by atoms with E-state index in [2.05, 4.69) is 12.2 Å². The summed E-state index contributed by atoms with van der Waals surface area (Å²) in [5, 5.41) is 3.32. The van der Waals surface area contributed by atoms with Gasteiger partial charge in [0, 0.05) is 48.6 Å². The number of nitrogens with one attached hydrogen (secondary N) is 1. The van der Waals surface area contributed by atoms with Crippen LogP contribution in [0.4, 0.5) is 0 Å². The predicted molar refractivity (Wildman–Crippen MR) is 68.1 cm³/mol. The van der Waals surface area contributed by atoms with Crippen molar-refractivity contribution < 1.29 is 13.7 Å². The molecule has 2 atom stereocenters. The van der Waals surface area contributed by atoms with Gasteiger partial charge in [-0.15, -0.1) is 0 Å². The highest BCUT2D eigenvalue weighted by molar-refractivity contribution is 7.84. The summed E-state index contributed by atoms with van der Waals surface area (Å²) in [5.74, 6) is 0.738.